The molecule has 0 radical (unpaired) electrons. The minimum absolute atomic E-state index is 0.139. The first-order valence-corrected chi connectivity index (χ1v) is 6.84. The van der Waals surface area contributed by atoms with Crippen molar-refractivity contribution in [3.63, 3.8) is 0 Å². The van der Waals surface area contributed by atoms with E-state index in [1.165, 1.54) is 18.9 Å². The average Bonchev–Trinajstić information content (AvgIpc) is 2.50. The van der Waals surface area contributed by atoms with Crippen LogP contribution in [0.5, 0.6) is 5.75 Å². The molecular weight excluding hydrogens is 282 g/mol. The van der Waals surface area contributed by atoms with Crippen molar-refractivity contribution in [3.05, 3.63) is 24.3 Å². The summed E-state index contributed by atoms with van der Waals surface area (Å²) in [6, 6.07) is 6.24. The molecule has 0 fully saturated rings. The fourth-order valence-electron chi connectivity index (χ4n) is 1.38. The summed E-state index contributed by atoms with van der Waals surface area (Å²) in [6.07, 6.45) is 0. The second-order valence-electron chi connectivity index (χ2n) is 3.79. The van der Waals surface area contributed by atoms with E-state index in [9.17, 15) is 9.59 Å². The Labute approximate surface area is 121 Å². The predicted octanol–water partition coefficient (Wildman–Crippen LogP) is 0.437. The lowest BCUT2D eigenvalue weighted by Gasteiger charge is -2.13. The van der Waals surface area contributed by atoms with E-state index >= 15 is 0 Å². The van der Waals surface area contributed by atoms with Crippen LogP contribution >= 0.6 is 11.8 Å². The Hall–Kier alpha value is -1.73. The Kier molecular flexibility index (Phi) is 6.89. The van der Waals surface area contributed by atoms with Gasteiger partial charge < -0.3 is 19.9 Å². The van der Waals surface area contributed by atoms with Crippen LogP contribution in [0.25, 0.3) is 0 Å². The second-order valence-corrected chi connectivity index (χ2v) is 4.84. The molecule has 1 rings (SSSR count). The smallest absolute Gasteiger partial charge is 0.330 e. The first-order valence-electron chi connectivity index (χ1n) is 5.85. The molecule has 0 aliphatic carbocycles. The number of rotatable bonds is 7. The van der Waals surface area contributed by atoms with Gasteiger partial charge in [0, 0.05) is 4.90 Å². The molecule has 1 aromatic carbocycles. The van der Waals surface area contributed by atoms with Crippen LogP contribution in [0.15, 0.2) is 29.2 Å². The van der Waals surface area contributed by atoms with Gasteiger partial charge in [-0.25, -0.2) is 4.79 Å². The number of carbonyl (C=O) groups is 2. The van der Waals surface area contributed by atoms with E-state index < -0.39 is 18.6 Å². The van der Waals surface area contributed by atoms with Gasteiger partial charge in [-0.3, -0.25) is 4.79 Å². The lowest BCUT2D eigenvalue weighted by atomic mass is 10.3. The summed E-state index contributed by atoms with van der Waals surface area (Å²) in [6.45, 7) is -0.494. The maximum Gasteiger partial charge on any atom is 0.330 e. The Morgan fingerprint density at radius 2 is 1.95 bits per heavy atom. The van der Waals surface area contributed by atoms with Gasteiger partial charge in [0.2, 0.25) is 5.91 Å². The molecule has 0 unspecified atom stereocenters. The van der Waals surface area contributed by atoms with Gasteiger partial charge in [0.1, 0.15) is 5.75 Å². The van der Waals surface area contributed by atoms with Gasteiger partial charge in [0.05, 0.1) is 26.6 Å². The summed E-state index contributed by atoms with van der Waals surface area (Å²) >= 11 is 1.32. The van der Waals surface area contributed by atoms with Gasteiger partial charge in [-0.2, -0.15) is 0 Å². The molecule has 0 saturated heterocycles. The molecule has 20 heavy (non-hydrogen) atoms. The standard InChI is InChI=1S/C13H17NO5S/c1-18-9-3-5-10(6-4-9)20-8-12(16)14-11(7-15)13(17)19-2/h3-6,11,15H,7-8H2,1-2H3,(H,14,16)/t11-/m1/s1. The Morgan fingerprint density at radius 3 is 2.45 bits per heavy atom. The molecule has 0 heterocycles. The number of benzene rings is 1. The van der Waals surface area contributed by atoms with Crippen molar-refractivity contribution < 1.29 is 24.2 Å². The lowest BCUT2D eigenvalue weighted by molar-refractivity contribution is -0.145. The van der Waals surface area contributed by atoms with E-state index in [0.717, 1.165) is 10.6 Å². The number of esters is 1. The summed E-state index contributed by atoms with van der Waals surface area (Å²) in [5.74, 6) is -0.143. The maximum atomic E-state index is 11.7. The van der Waals surface area contributed by atoms with Crippen molar-refractivity contribution in [2.24, 2.45) is 0 Å². The first-order chi connectivity index (χ1) is 9.60. The van der Waals surface area contributed by atoms with E-state index in [2.05, 4.69) is 10.1 Å². The zero-order valence-electron chi connectivity index (χ0n) is 11.3. The Balaban J connectivity index is 2.43. The Bertz CT molecular complexity index is 449. The third kappa shape index (κ3) is 5.10. The Morgan fingerprint density at radius 1 is 1.30 bits per heavy atom. The van der Waals surface area contributed by atoms with Crippen molar-refractivity contribution in [2.45, 2.75) is 10.9 Å². The molecule has 1 amide bonds. The summed E-state index contributed by atoms with van der Waals surface area (Å²) in [5.41, 5.74) is 0. The molecular formula is C13H17NO5S. The monoisotopic (exact) mass is 299 g/mol. The lowest BCUT2D eigenvalue weighted by Crippen LogP contribution is -2.44. The van der Waals surface area contributed by atoms with Crippen molar-refractivity contribution in [1.82, 2.24) is 5.32 Å². The number of hydrogen-bond donors (Lipinski definition) is 2. The fraction of sp³-hybridized carbons (Fsp3) is 0.385. The normalized spacial score (nSPS) is 11.6. The highest BCUT2D eigenvalue weighted by atomic mass is 32.2. The molecule has 1 atom stereocenters. The summed E-state index contributed by atoms with van der Waals surface area (Å²) in [5, 5.41) is 11.4. The van der Waals surface area contributed by atoms with Gasteiger partial charge in [0.15, 0.2) is 6.04 Å². The molecule has 0 saturated carbocycles. The molecule has 2 N–H and O–H groups in total. The molecule has 110 valence electrons. The molecule has 0 aliphatic rings. The number of thioether (sulfide) groups is 1. The number of methoxy groups -OCH3 is 2. The summed E-state index contributed by atoms with van der Waals surface area (Å²) in [4.78, 5) is 23.8. The number of hydrogen-bond acceptors (Lipinski definition) is 6. The highest BCUT2D eigenvalue weighted by Crippen LogP contribution is 2.20. The number of aliphatic hydroxyl groups is 1. The fourth-order valence-corrected chi connectivity index (χ4v) is 2.09. The number of nitrogens with one attached hydrogen (secondary N) is 1. The van der Waals surface area contributed by atoms with Gasteiger partial charge in [-0.1, -0.05) is 0 Å². The van der Waals surface area contributed by atoms with Crippen LogP contribution < -0.4 is 10.1 Å². The summed E-state index contributed by atoms with van der Waals surface area (Å²) < 4.78 is 9.49. The van der Waals surface area contributed by atoms with E-state index in [1.807, 2.05) is 12.1 Å². The van der Waals surface area contributed by atoms with Crippen LogP contribution in [-0.2, 0) is 14.3 Å². The van der Waals surface area contributed by atoms with Crippen molar-refractivity contribution in [1.29, 1.82) is 0 Å². The number of aliphatic hydroxyl groups excluding tert-OH is 1. The zero-order chi connectivity index (χ0) is 15.0. The number of ether oxygens (including phenoxy) is 2. The third-order valence-corrected chi connectivity index (χ3v) is 3.44. The van der Waals surface area contributed by atoms with Crippen LogP contribution in [0.1, 0.15) is 0 Å². The van der Waals surface area contributed by atoms with Crippen LogP contribution in [0.4, 0.5) is 0 Å². The van der Waals surface area contributed by atoms with Crippen molar-refractivity contribution >= 4 is 23.6 Å². The first kappa shape index (κ1) is 16.3. The van der Waals surface area contributed by atoms with Crippen molar-refractivity contribution in [3.8, 4) is 5.75 Å². The van der Waals surface area contributed by atoms with Gasteiger partial charge in [-0.05, 0) is 24.3 Å². The van der Waals surface area contributed by atoms with Crippen LogP contribution in [0.2, 0.25) is 0 Å². The number of carbonyl (C=O) groups excluding carboxylic acids is 2. The largest absolute Gasteiger partial charge is 0.497 e. The average molecular weight is 299 g/mol. The minimum atomic E-state index is -1.02. The molecule has 7 heteroatoms. The molecule has 1 aromatic rings. The van der Waals surface area contributed by atoms with Gasteiger partial charge in [0.25, 0.3) is 0 Å². The van der Waals surface area contributed by atoms with E-state index in [0.29, 0.717) is 0 Å². The van der Waals surface area contributed by atoms with Gasteiger partial charge in [-0.15, -0.1) is 11.8 Å². The van der Waals surface area contributed by atoms with E-state index in [4.69, 9.17) is 9.84 Å². The SMILES string of the molecule is COC(=O)[C@@H](CO)NC(=O)CSc1ccc(OC)cc1. The molecule has 0 bridgehead atoms. The van der Waals surface area contributed by atoms with E-state index in [-0.39, 0.29) is 11.7 Å². The van der Waals surface area contributed by atoms with E-state index in [1.54, 1.807) is 19.2 Å². The third-order valence-electron chi connectivity index (χ3n) is 2.43. The van der Waals surface area contributed by atoms with Gasteiger partial charge >= 0.3 is 5.97 Å². The highest BCUT2D eigenvalue weighted by Gasteiger charge is 2.20. The maximum absolute atomic E-state index is 11.7. The molecule has 6 nitrogen and oxygen atoms in total. The molecule has 0 spiro atoms. The summed E-state index contributed by atoms with van der Waals surface area (Å²) in [7, 11) is 2.78. The molecule has 0 aliphatic heterocycles. The second kappa shape index (κ2) is 8.44. The zero-order valence-corrected chi connectivity index (χ0v) is 12.1. The minimum Gasteiger partial charge on any atom is -0.497 e. The van der Waals surface area contributed by atoms with Crippen LogP contribution in [0, 0.1) is 0 Å². The topological polar surface area (TPSA) is 84.9 Å². The highest BCUT2D eigenvalue weighted by molar-refractivity contribution is 8.00. The van der Waals surface area contributed by atoms with Crippen LogP contribution in [-0.4, -0.2) is 49.6 Å². The quantitative estimate of drug-likeness (QED) is 0.561. The molecule has 0 aromatic heterocycles. The van der Waals surface area contributed by atoms with Crippen molar-refractivity contribution in [2.75, 3.05) is 26.6 Å². The van der Waals surface area contributed by atoms with Crippen LogP contribution in [0.3, 0.4) is 0 Å². The predicted molar refractivity (Wildman–Crippen MR) is 74.8 cm³/mol. The number of amides is 1.